The maximum atomic E-state index is 5.68. The molecule has 0 bridgehead atoms. The smallest absolute Gasteiger partial charge is 0.316 e. The molecule has 2 rings (SSSR count). The number of hydrogen-bond donors (Lipinski definition) is 1. The second-order valence-corrected chi connectivity index (χ2v) is 3.44. The molecule has 1 aliphatic carbocycles. The molecule has 0 spiro atoms. The average molecular weight is 179 g/mol. The molecule has 1 aromatic rings. The highest BCUT2D eigenvalue weighted by atomic mass is 16.5. The minimum atomic E-state index is 0.173. The van der Waals surface area contributed by atoms with Crippen LogP contribution in [0.3, 0.4) is 0 Å². The van der Waals surface area contributed by atoms with Gasteiger partial charge in [-0.05, 0) is 18.4 Å². The molecule has 0 atom stereocenters. The number of methoxy groups -OCH3 is 1. The molecule has 1 aliphatic rings. The van der Waals surface area contributed by atoms with Crippen molar-refractivity contribution < 1.29 is 4.74 Å². The van der Waals surface area contributed by atoms with Gasteiger partial charge in [0.1, 0.15) is 0 Å². The lowest BCUT2D eigenvalue weighted by Crippen LogP contribution is -2.20. The summed E-state index contributed by atoms with van der Waals surface area (Å²) in [5.41, 5.74) is 6.99. The van der Waals surface area contributed by atoms with Crippen molar-refractivity contribution in [2.45, 2.75) is 18.3 Å². The third kappa shape index (κ3) is 1.37. The lowest BCUT2D eigenvalue weighted by molar-refractivity contribution is 0.378. The summed E-state index contributed by atoms with van der Waals surface area (Å²) in [6, 6.07) is 0.413. The zero-order valence-electron chi connectivity index (χ0n) is 7.66. The summed E-state index contributed by atoms with van der Waals surface area (Å²) in [5.74, 6) is 0. The van der Waals surface area contributed by atoms with Crippen LogP contribution < -0.4 is 10.5 Å². The summed E-state index contributed by atoms with van der Waals surface area (Å²) in [4.78, 5) is 8.13. The largest absolute Gasteiger partial charge is 0.467 e. The van der Waals surface area contributed by atoms with E-state index in [0.29, 0.717) is 12.6 Å². The van der Waals surface area contributed by atoms with Gasteiger partial charge in [0.15, 0.2) is 0 Å². The van der Waals surface area contributed by atoms with Crippen LogP contribution in [0.5, 0.6) is 6.01 Å². The van der Waals surface area contributed by atoms with E-state index in [1.54, 1.807) is 7.11 Å². The maximum Gasteiger partial charge on any atom is 0.316 e. The first kappa shape index (κ1) is 8.44. The fraction of sp³-hybridized carbons (Fsp3) is 0.556. The van der Waals surface area contributed by atoms with Crippen LogP contribution in [0.1, 0.15) is 18.4 Å². The van der Waals surface area contributed by atoms with Gasteiger partial charge in [-0.15, -0.1) is 0 Å². The molecule has 0 radical (unpaired) electrons. The summed E-state index contributed by atoms with van der Waals surface area (Å²) in [6.07, 6.45) is 5.93. The molecule has 1 heterocycles. The fourth-order valence-electron chi connectivity index (χ4n) is 1.46. The Morgan fingerprint density at radius 2 is 2.08 bits per heavy atom. The fourth-order valence-corrected chi connectivity index (χ4v) is 1.46. The zero-order chi connectivity index (χ0) is 9.31. The number of nitrogens with two attached hydrogens (primary N) is 1. The van der Waals surface area contributed by atoms with Crippen molar-refractivity contribution in [3.8, 4) is 6.01 Å². The van der Waals surface area contributed by atoms with E-state index >= 15 is 0 Å². The van der Waals surface area contributed by atoms with Gasteiger partial charge in [0.05, 0.1) is 7.11 Å². The van der Waals surface area contributed by atoms with Gasteiger partial charge in [0.25, 0.3) is 0 Å². The van der Waals surface area contributed by atoms with Crippen LogP contribution >= 0.6 is 0 Å². The van der Waals surface area contributed by atoms with E-state index in [2.05, 4.69) is 9.97 Å². The van der Waals surface area contributed by atoms with Crippen molar-refractivity contribution in [1.29, 1.82) is 0 Å². The summed E-state index contributed by atoms with van der Waals surface area (Å²) < 4.78 is 4.88. The second kappa shape index (κ2) is 2.96. The molecule has 1 aromatic heterocycles. The molecule has 0 aliphatic heterocycles. The first-order valence-corrected chi connectivity index (χ1v) is 4.37. The predicted molar refractivity (Wildman–Crippen MR) is 48.6 cm³/mol. The minimum absolute atomic E-state index is 0.173. The molecular formula is C9H13N3O. The predicted octanol–water partition coefficient (Wildman–Crippen LogP) is 0.476. The van der Waals surface area contributed by atoms with Crippen molar-refractivity contribution in [2.75, 3.05) is 13.7 Å². The monoisotopic (exact) mass is 179 g/mol. The molecule has 4 nitrogen and oxygen atoms in total. The highest BCUT2D eigenvalue weighted by Crippen LogP contribution is 2.46. The van der Waals surface area contributed by atoms with Crippen LogP contribution in [0.4, 0.5) is 0 Å². The Balaban J connectivity index is 2.23. The SMILES string of the molecule is COc1ncc(C2(CN)CC2)cn1. The van der Waals surface area contributed by atoms with Gasteiger partial charge in [-0.3, -0.25) is 0 Å². The summed E-state index contributed by atoms with van der Waals surface area (Å²) in [7, 11) is 1.56. The zero-order valence-corrected chi connectivity index (χ0v) is 7.66. The highest BCUT2D eigenvalue weighted by molar-refractivity contribution is 5.27. The van der Waals surface area contributed by atoms with Crippen LogP contribution in [0, 0.1) is 0 Å². The third-order valence-corrected chi connectivity index (χ3v) is 2.67. The number of ether oxygens (including phenoxy) is 1. The van der Waals surface area contributed by atoms with Gasteiger partial charge in [-0.1, -0.05) is 0 Å². The van der Waals surface area contributed by atoms with Crippen LogP contribution in [-0.2, 0) is 5.41 Å². The normalized spacial score (nSPS) is 18.3. The van der Waals surface area contributed by atoms with Gasteiger partial charge in [0.2, 0.25) is 0 Å². The average Bonchev–Trinajstić information content (AvgIpc) is 2.99. The van der Waals surface area contributed by atoms with Crippen molar-refractivity contribution in [1.82, 2.24) is 9.97 Å². The first-order valence-electron chi connectivity index (χ1n) is 4.37. The van der Waals surface area contributed by atoms with Gasteiger partial charge < -0.3 is 10.5 Å². The Morgan fingerprint density at radius 1 is 1.46 bits per heavy atom. The van der Waals surface area contributed by atoms with E-state index in [4.69, 9.17) is 10.5 Å². The minimum Gasteiger partial charge on any atom is -0.467 e. The number of rotatable bonds is 3. The van der Waals surface area contributed by atoms with Gasteiger partial charge in [0, 0.05) is 24.4 Å². The topological polar surface area (TPSA) is 61.0 Å². The van der Waals surface area contributed by atoms with Crippen molar-refractivity contribution in [3.05, 3.63) is 18.0 Å². The van der Waals surface area contributed by atoms with Gasteiger partial charge in [-0.25, -0.2) is 9.97 Å². The molecule has 2 N–H and O–H groups in total. The van der Waals surface area contributed by atoms with E-state index in [0.717, 1.165) is 18.4 Å². The summed E-state index contributed by atoms with van der Waals surface area (Å²) in [5, 5.41) is 0. The number of nitrogens with zero attached hydrogens (tertiary/aromatic N) is 2. The van der Waals surface area contributed by atoms with Crippen LogP contribution in [0.2, 0.25) is 0 Å². The lowest BCUT2D eigenvalue weighted by atomic mass is 10.00. The van der Waals surface area contributed by atoms with Crippen LogP contribution in [-0.4, -0.2) is 23.6 Å². The van der Waals surface area contributed by atoms with E-state index in [1.807, 2.05) is 12.4 Å². The Hall–Kier alpha value is -1.16. The van der Waals surface area contributed by atoms with Crippen molar-refractivity contribution >= 4 is 0 Å². The lowest BCUT2D eigenvalue weighted by Gasteiger charge is -2.11. The second-order valence-electron chi connectivity index (χ2n) is 3.44. The molecule has 0 aromatic carbocycles. The molecular weight excluding hydrogens is 166 g/mol. The highest BCUT2D eigenvalue weighted by Gasteiger charge is 2.43. The van der Waals surface area contributed by atoms with E-state index < -0.39 is 0 Å². The molecule has 0 amide bonds. The Morgan fingerprint density at radius 3 is 2.46 bits per heavy atom. The first-order chi connectivity index (χ1) is 6.30. The molecule has 0 saturated heterocycles. The van der Waals surface area contributed by atoms with E-state index in [-0.39, 0.29) is 5.41 Å². The quantitative estimate of drug-likeness (QED) is 0.733. The van der Waals surface area contributed by atoms with E-state index in [9.17, 15) is 0 Å². The van der Waals surface area contributed by atoms with Gasteiger partial charge in [-0.2, -0.15) is 0 Å². The number of aromatic nitrogens is 2. The standard InChI is InChI=1S/C9H13N3O/c1-13-8-11-4-7(5-12-8)9(6-10)2-3-9/h4-5H,2-3,6,10H2,1H3. The molecule has 13 heavy (non-hydrogen) atoms. The summed E-state index contributed by atoms with van der Waals surface area (Å²) in [6.45, 7) is 0.683. The Labute approximate surface area is 77.1 Å². The number of hydrogen-bond acceptors (Lipinski definition) is 4. The molecule has 4 heteroatoms. The molecule has 1 fully saturated rings. The van der Waals surface area contributed by atoms with Gasteiger partial charge >= 0.3 is 6.01 Å². The third-order valence-electron chi connectivity index (χ3n) is 2.67. The molecule has 70 valence electrons. The van der Waals surface area contributed by atoms with Crippen LogP contribution in [0.25, 0.3) is 0 Å². The maximum absolute atomic E-state index is 5.68. The van der Waals surface area contributed by atoms with Crippen LogP contribution in [0.15, 0.2) is 12.4 Å². The Kier molecular flexibility index (Phi) is 1.92. The molecule has 0 unspecified atom stereocenters. The molecule has 1 saturated carbocycles. The van der Waals surface area contributed by atoms with E-state index in [1.165, 1.54) is 0 Å². The Bertz CT molecular complexity index is 292. The summed E-state index contributed by atoms with van der Waals surface area (Å²) >= 11 is 0. The van der Waals surface area contributed by atoms with Crippen molar-refractivity contribution in [2.24, 2.45) is 5.73 Å². The van der Waals surface area contributed by atoms with Crippen molar-refractivity contribution in [3.63, 3.8) is 0 Å².